The number of ether oxygens (including phenoxy) is 1. The van der Waals surface area contributed by atoms with Crippen molar-refractivity contribution in [1.82, 2.24) is 5.32 Å². The molecule has 1 N–H and O–H groups in total. The predicted octanol–water partition coefficient (Wildman–Crippen LogP) is 4.21. The van der Waals surface area contributed by atoms with Crippen LogP contribution < -0.4 is 10.1 Å². The van der Waals surface area contributed by atoms with E-state index in [0.29, 0.717) is 6.04 Å². The first kappa shape index (κ1) is 13.7. The molecular formula is C17H21NOS. The molecule has 0 spiro atoms. The summed E-state index contributed by atoms with van der Waals surface area (Å²) in [6, 6.07) is 13.1. The van der Waals surface area contributed by atoms with Crippen LogP contribution >= 0.6 is 11.3 Å². The van der Waals surface area contributed by atoms with Crippen molar-refractivity contribution >= 4 is 11.3 Å². The van der Waals surface area contributed by atoms with Crippen LogP contribution in [0.2, 0.25) is 0 Å². The molecule has 0 aliphatic heterocycles. The normalized spacial score (nSPS) is 22.5. The van der Waals surface area contributed by atoms with Crippen LogP contribution in [0.5, 0.6) is 5.75 Å². The molecule has 0 bridgehead atoms. The van der Waals surface area contributed by atoms with Crippen molar-refractivity contribution in [3.05, 3.63) is 52.2 Å². The van der Waals surface area contributed by atoms with Gasteiger partial charge in [0.25, 0.3) is 0 Å². The summed E-state index contributed by atoms with van der Waals surface area (Å²) in [5.41, 5.74) is 1.29. The van der Waals surface area contributed by atoms with Gasteiger partial charge in [-0.3, -0.25) is 0 Å². The van der Waals surface area contributed by atoms with Gasteiger partial charge in [0, 0.05) is 10.9 Å². The van der Waals surface area contributed by atoms with Gasteiger partial charge in [-0.05, 0) is 60.9 Å². The summed E-state index contributed by atoms with van der Waals surface area (Å²) < 4.78 is 5.28. The van der Waals surface area contributed by atoms with Crippen molar-refractivity contribution in [2.75, 3.05) is 13.7 Å². The Morgan fingerprint density at radius 3 is 3.00 bits per heavy atom. The van der Waals surface area contributed by atoms with Gasteiger partial charge in [0.1, 0.15) is 5.75 Å². The monoisotopic (exact) mass is 287 g/mol. The van der Waals surface area contributed by atoms with Crippen molar-refractivity contribution < 1.29 is 4.74 Å². The molecule has 0 radical (unpaired) electrons. The molecule has 1 aliphatic carbocycles. The molecule has 106 valence electrons. The summed E-state index contributed by atoms with van der Waals surface area (Å²) in [6.45, 7) is 3.32. The number of methoxy groups -OCH3 is 1. The number of benzene rings is 1. The average molecular weight is 287 g/mol. The Hall–Kier alpha value is -1.32. The third-order valence-corrected chi connectivity index (χ3v) is 5.12. The number of nitrogens with one attached hydrogen (secondary N) is 1. The van der Waals surface area contributed by atoms with E-state index in [2.05, 4.69) is 48.0 Å². The van der Waals surface area contributed by atoms with Gasteiger partial charge in [0.05, 0.1) is 7.11 Å². The Morgan fingerprint density at radius 1 is 1.35 bits per heavy atom. The molecule has 1 fully saturated rings. The highest BCUT2D eigenvalue weighted by atomic mass is 32.1. The van der Waals surface area contributed by atoms with Crippen molar-refractivity contribution in [1.29, 1.82) is 0 Å². The fourth-order valence-electron chi connectivity index (χ4n) is 2.68. The summed E-state index contributed by atoms with van der Waals surface area (Å²) in [7, 11) is 1.72. The van der Waals surface area contributed by atoms with Crippen LogP contribution in [-0.2, 0) is 0 Å². The van der Waals surface area contributed by atoms with Gasteiger partial charge < -0.3 is 10.1 Å². The van der Waals surface area contributed by atoms with Crippen LogP contribution in [0.25, 0.3) is 0 Å². The molecule has 3 heteroatoms. The smallest absolute Gasteiger partial charge is 0.119 e. The second-order valence-corrected chi connectivity index (χ2v) is 6.50. The molecule has 2 unspecified atom stereocenters. The maximum absolute atomic E-state index is 5.28. The topological polar surface area (TPSA) is 21.3 Å². The molecule has 3 atom stereocenters. The van der Waals surface area contributed by atoms with Gasteiger partial charge in [0.2, 0.25) is 0 Å². The number of hydrogen-bond acceptors (Lipinski definition) is 3. The van der Waals surface area contributed by atoms with E-state index in [4.69, 9.17) is 4.74 Å². The number of hydrogen-bond donors (Lipinski definition) is 1. The van der Waals surface area contributed by atoms with Gasteiger partial charge in [-0.25, -0.2) is 0 Å². The van der Waals surface area contributed by atoms with Gasteiger partial charge in [-0.15, -0.1) is 11.3 Å². The van der Waals surface area contributed by atoms with E-state index in [0.717, 1.165) is 24.1 Å². The van der Waals surface area contributed by atoms with Crippen LogP contribution in [0.1, 0.15) is 35.7 Å². The lowest BCUT2D eigenvalue weighted by Gasteiger charge is -2.15. The third-order valence-electron chi connectivity index (χ3n) is 4.11. The zero-order valence-corrected chi connectivity index (χ0v) is 12.8. The molecular weight excluding hydrogens is 266 g/mol. The zero-order chi connectivity index (χ0) is 13.9. The van der Waals surface area contributed by atoms with E-state index >= 15 is 0 Å². The Labute approximate surface area is 124 Å². The van der Waals surface area contributed by atoms with Gasteiger partial charge >= 0.3 is 0 Å². The standard InChI is InChI=1S/C17H21NOS/c1-12(13-5-3-6-15(9-13)19-2)18-11-14-10-16(14)17-7-4-8-20-17/h3-9,12,14,16,18H,10-11H2,1-2H3/t12-,14?,16?/m1/s1. The van der Waals surface area contributed by atoms with Crippen molar-refractivity contribution in [3.8, 4) is 5.75 Å². The predicted molar refractivity (Wildman–Crippen MR) is 84.6 cm³/mol. The molecule has 20 heavy (non-hydrogen) atoms. The molecule has 1 aromatic heterocycles. The largest absolute Gasteiger partial charge is 0.497 e. The fourth-order valence-corrected chi connectivity index (χ4v) is 3.62. The lowest BCUT2D eigenvalue weighted by atomic mass is 10.1. The summed E-state index contributed by atoms with van der Waals surface area (Å²) >= 11 is 1.89. The van der Waals surface area contributed by atoms with Gasteiger partial charge in [-0.1, -0.05) is 18.2 Å². The zero-order valence-electron chi connectivity index (χ0n) is 12.0. The van der Waals surface area contributed by atoms with Crippen LogP contribution in [0, 0.1) is 5.92 Å². The second-order valence-electron chi connectivity index (χ2n) is 5.52. The molecule has 0 saturated heterocycles. The van der Waals surface area contributed by atoms with Crippen LogP contribution in [0.4, 0.5) is 0 Å². The molecule has 0 amide bonds. The Kier molecular flexibility index (Phi) is 4.08. The lowest BCUT2D eigenvalue weighted by molar-refractivity contribution is 0.413. The molecule has 1 aliphatic rings. The van der Waals surface area contributed by atoms with E-state index in [-0.39, 0.29) is 0 Å². The molecule has 3 rings (SSSR count). The quantitative estimate of drug-likeness (QED) is 0.859. The van der Waals surface area contributed by atoms with Crippen molar-refractivity contribution in [2.45, 2.75) is 25.3 Å². The summed E-state index contributed by atoms with van der Waals surface area (Å²) in [5.74, 6) is 2.53. The molecule has 1 heterocycles. The fraction of sp³-hybridized carbons (Fsp3) is 0.412. The van der Waals surface area contributed by atoms with Crippen LogP contribution in [0.3, 0.4) is 0 Å². The number of rotatable bonds is 6. The second kappa shape index (κ2) is 5.98. The first-order chi connectivity index (χ1) is 9.78. The van der Waals surface area contributed by atoms with Crippen LogP contribution in [-0.4, -0.2) is 13.7 Å². The first-order valence-corrected chi connectivity index (χ1v) is 8.06. The minimum Gasteiger partial charge on any atom is -0.497 e. The lowest BCUT2D eigenvalue weighted by Crippen LogP contribution is -2.21. The summed E-state index contributed by atoms with van der Waals surface area (Å²) in [6.07, 6.45) is 1.33. The van der Waals surface area contributed by atoms with E-state index in [9.17, 15) is 0 Å². The van der Waals surface area contributed by atoms with Crippen molar-refractivity contribution in [2.24, 2.45) is 5.92 Å². The SMILES string of the molecule is COc1cccc([C@@H](C)NCC2CC2c2cccs2)c1. The number of thiophene rings is 1. The maximum Gasteiger partial charge on any atom is 0.119 e. The molecule has 1 aromatic carbocycles. The third kappa shape index (κ3) is 3.05. The Morgan fingerprint density at radius 2 is 2.25 bits per heavy atom. The van der Waals surface area contributed by atoms with Crippen molar-refractivity contribution in [3.63, 3.8) is 0 Å². The summed E-state index contributed by atoms with van der Waals surface area (Å²) in [4.78, 5) is 1.55. The molecule has 1 saturated carbocycles. The van der Waals surface area contributed by atoms with E-state index in [1.807, 2.05) is 17.4 Å². The molecule has 2 aromatic rings. The highest BCUT2D eigenvalue weighted by molar-refractivity contribution is 7.10. The molecule has 2 nitrogen and oxygen atoms in total. The first-order valence-electron chi connectivity index (χ1n) is 7.18. The highest BCUT2D eigenvalue weighted by Gasteiger charge is 2.38. The maximum atomic E-state index is 5.28. The van der Waals surface area contributed by atoms with E-state index in [1.165, 1.54) is 12.0 Å². The van der Waals surface area contributed by atoms with E-state index < -0.39 is 0 Å². The van der Waals surface area contributed by atoms with E-state index in [1.54, 1.807) is 12.0 Å². The van der Waals surface area contributed by atoms with Gasteiger partial charge in [0.15, 0.2) is 0 Å². The van der Waals surface area contributed by atoms with Crippen LogP contribution in [0.15, 0.2) is 41.8 Å². The van der Waals surface area contributed by atoms with Gasteiger partial charge in [-0.2, -0.15) is 0 Å². The minimum absolute atomic E-state index is 0.370. The Balaban J connectivity index is 1.51. The highest BCUT2D eigenvalue weighted by Crippen LogP contribution is 2.48. The summed E-state index contributed by atoms with van der Waals surface area (Å²) in [5, 5.41) is 5.83. The minimum atomic E-state index is 0.370. The Bertz CT molecular complexity index is 552. The average Bonchev–Trinajstić information content (AvgIpc) is 3.06.